The van der Waals surface area contributed by atoms with Crippen molar-refractivity contribution in [2.75, 3.05) is 33.3 Å². The average molecular weight is 541 g/mol. The molecule has 4 aromatic carbocycles. The van der Waals surface area contributed by atoms with Crippen molar-refractivity contribution in [1.82, 2.24) is 5.09 Å². The molecular weight excluding hydrogens is 511 g/mol. The summed E-state index contributed by atoms with van der Waals surface area (Å²) < 4.78 is 23.1. The van der Waals surface area contributed by atoms with Gasteiger partial charge in [0.2, 0.25) is 0 Å². The number of ether oxygens (including phenoxy) is 4. The Bertz CT molecular complexity index is 1390. The lowest BCUT2D eigenvalue weighted by atomic mass is 10.1. The molecule has 4 aromatic rings. The van der Waals surface area contributed by atoms with Crippen LogP contribution in [0.25, 0.3) is 12.2 Å². The normalized spacial score (nSPS) is 11.8. The highest BCUT2D eigenvalue weighted by atomic mass is 31.1. The van der Waals surface area contributed by atoms with E-state index in [2.05, 4.69) is 5.09 Å². The number of amides is 2. The zero-order valence-electron chi connectivity index (χ0n) is 22.2. The number of para-hydroxylation sites is 2. The number of fused-ring (bicyclic) bond motifs is 2. The molecule has 0 radical (unpaired) electrons. The van der Waals surface area contributed by atoms with Crippen LogP contribution in [0.3, 0.4) is 0 Å². The lowest BCUT2D eigenvalue weighted by molar-refractivity contribution is 0.253. The van der Waals surface area contributed by atoms with E-state index in [-0.39, 0.29) is 6.03 Å². The fourth-order valence-corrected chi connectivity index (χ4v) is 6.95. The maximum Gasteiger partial charge on any atom is 0.330 e. The Kier molecular flexibility index (Phi) is 7.71. The standard InChI is InChI=1S/C31H29N2O5P/c1-35-25-15-9-16-26(36-2)29(25)39(30-27(37-3)17-10-18-28(30)38-4)32-31(34)33-23-13-7-5-11-21(23)19-20-22-12-6-8-14-24(22)33/h5-20H,1-4H3,(H,32,34). The summed E-state index contributed by atoms with van der Waals surface area (Å²) in [5.74, 6) is 2.30. The van der Waals surface area contributed by atoms with Crippen molar-refractivity contribution < 1.29 is 23.7 Å². The Hall–Kier alpha value is -4.48. The molecule has 198 valence electrons. The first kappa shape index (κ1) is 26.1. The topological polar surface area (TPSA) is 69.3 Å². The number of carbonyl (C=O) groups is 1. The molecule has 1 N–H and O–H groups in total. The van der Waals surface area contributed by atoms with Crippen molar-refractivity contribution in [1.29, 1.82) is 0 Å². The van der Waals surface area contributed by atoms with Crippen molar-refractivity contribution in [2.45, 2.75) is 0 Å². The third-order valence-electron chi connectivity index (χ3n) is 6.46. The number of carbonyl (C=O) groups excluding carboxylic acids is 1. The minimum Gasteiger partial charge on any atom is -0.496 e. The van der Waals surface area contributed by atoms with Gasteiger partial charge in [0.1, 0.15) is 23.0 Å². The molecule has 7 nitrogen and oxygen atoms in total. The van der Waals surface area contributed by atoms with Gasteiger partial charge in [-0.1, -0.05) is 60.7 Å². The summed E-state index contributed by atoms with van der Waals surface area (Å²) in [5.41, 5.74) is 3.39. The molecule has 0 aliphatic carbocycles. The van der Waals surface area contributed by atoms with Crippen LogP contribution in [0.15, 0.2) is 84.9 Å². The third-order valence-corrected chi connectivity index (χ3v) is 8.65. The summed E-state index contributed by atoms with van der Waals surface area (Å²) in [5, 5.41) is 4.73. The van der Waals surface area contributed by atoms with E-state index in [0.717, 1.165) is 22.5 Å². The van der Waals surface area contributed by atoms with Gasteiger partial charge in [0, 0.05) is 0 Å². The summed E-state index contributed by atoms with van der Waals surface area (Å²) in [4.78, 5) is 16.2. The van der Waals surface area contributed by atoms with Crippen LogP contribution in [-0.4, -0.2) is 34.5 Å². The van der Waals surface area contributed by atoms with E-state index >= 15 is 0 Å². The van der Waals surface area contributed by atoms with Crippen LogP contribution in [0.5, 0.6) is 23.0 Å². The molecular formula is C31H29N2O5P. The summed E-state index contributed by atoms with van der Waals surface area (Å²) in [6.07, 6.45) is 4.05. The maximum absolute atomic E-state index is 14.5. The number of hydrogen-bond donors (Lipinski definition) is 1. The van der Waals surface area contributed by atoms with Crippen LogP contribution in [0.4, 0.5) is 16.2 Å². The van der Waals surface area contributed by atoms with Gasteiger partial charge in [-0.3, -0.25) is 4.90 Å². The molecule has 0 bridgehead atoms. The number of rotatable bonds is 7. The molecule has 0 saturated heterocycles. The van der Waals surface area contributed by atoms with Crippen LogP contribution in [0.1, 0.15) is 11.1 Å². The van der Waals surface area contributed by atoms with Gasteiger partial charge in [-0.2, -0.15) is 0 Å². The van der Waals surface area contributed by atoms with Gasteiger partial charge in [-0.15, -0.1) is 0 Å². The number of benzene rings is 4. The summed E-state index contributed by atoms with van der Waals surface area (Å²) in [6.45, 7) is 0. The predicted molar refractivity (Wildman–Crippen MR) is 158 cm³/mol. The first-order valence-corrected chi connectivity index (χ1v) is 13.6. The predicted octanol–water partition coefficient (Wildman–Crippen LogP) is 6.10. The molecule has 0 saturated carbocycles. The van der Waals surface area contributed by atoms with Crippen LogP contribution < -0.4 is 39.5 Å². The van der Waals surface area contributed by atoms with Crippen LogP contribution in [-0.2, 0) is 0 Å². The van der Waals surface area contributed by atoms with Gasteiger partial charge in [-0.25, -0.2) is 4.79 Å². The number of hydrogen-bond acceptors (Lipinski definition) is 5. The van der Waals surface area contributed by atoms with Crippen molar-refractivity contribution in [2.24, 2.45) is 0 Å². The van der Waals surface area contributed by atoms with E-state index in [1.807, 2.05) is 97.1 Å². The molecule has 0 spiro atoms. The summed E-state index contributed by atoms with van der Waals surface area (Å²) >= 11 is 0. The fourth-order valence-electron chi connectivity index (χ4n) is 4.67. The minimum absolute atomic E-state index is 0.314. The highest BCUT2D eigenvalue weighted by molar-refractivity contribution is 7.72. The van der Waals surface area contributed by atoms with E-state index in [1.54, 1.807) is 33.3 Å². The summed E-state index contributed by atoms with van der Waals surface area (Å²) in [6, 6.07) is 26.4. The summed E-state index contributed by atoms with van der Waals surface area (Å²) in [7, 11) is 4.72. The quantitative estimate of drug-likeness (QED) is 0.287. The zero-order chi connectivity index (χ0) is 27.4. The molecule has 0 unspecified atom stereocenters. The molecule has 1 heterocycles. The monoisotopic (exact) mass is 540 g/mol. The zero-order valence-corrected chi connectivity index (χ0v) is 23.1. The molecule has 0 fully saturated rings. The largest absolute Gasteiger partial charge is 0.496 e. The molecule has 0 aromatic heterocycles. The third kappa shape index (κ3) is 4.89. The SMILES string of the molecule is COc1cccc(OC)c1P(NC(=O)N1c2ccccc2C=Cc2ccccc21)c1c(OC)cccc1OC. The maximum atomic E-state index is 14.5. The Morgan fingerprint density at radius 1 is 0.590 bits per heavy atom. The van der Waals surface area contributed by atoms with Gasteiger partial charge < -0.3 is 24.0 Å². The highest BCUT2D eigenvalue weighted by Gasteiger charge is 2.33. The number of anilines is 2. The smallest absolute Gasteiger partial charge is 0.330 e. The fraction of sp³-hybridized carbons (Fsp3) is 0.129. The second-order valence-electron chi connectivity index (χ2n) is 8.56. The van der Waals surface area contributed by atoms with Crippen molar-refractivity contribution >= 4 is 48.2 Å². The number of nitrogens with one attached hydrogen (secondary N) is 1. The first-order valence-electron chi connectivity index (χ1n) is 12.3. The number of urea groups is 1. The molecule has 39 heavy (non-hydrogen) atoms. The van der Waals surface area contributed by atoms with Crippen LogP contribution >= 0.6 is 8.07 Å². The number of methoxy groups -OCH3 is 4. The van der Waals surface area contributed by atoms with Gasteiger partial charge >= 0.3 is 6.03 Å². The van der Waals surface area contributed by atoms with E-state index in [0.29, 0.717) is 33.6 Å². The van der Waals surface area contributed by atoms with Crippen molar-refractivity contribution in [3.8, 4) is 23.0 Å². The average Bonchev–Trinajstić information content (AvgIpc) is 3.16. The second-order valence-corrected chi connectivity index (χ2v) is 10.3. The molecule has 1 aliphatic rings. The Morgan fingerprint density at radius 2 is 0.974 bits per heavy atom. The van der Waals surface area contributed by atoms with Gasteiger partial charge in [-0.05, 0) is 47.5 Å². The molecule has 5 rings (SSSR count). The van der Waals surface area contributed by atoms with Crippen molar-refractivity contribution in [3.63, 3.8) is 0 Å². The van der Waals surface area contributed by atoms with Crippen molar-refractivity contribution in [3.05, 3.63) is 96.1 Å². The molecule has 8 heteroatoms. The Morgan fingerprint density at radius 3 is 1.36 bits per heavy atom. The minimum atomic E-state index is -1.67. The second kappa shape index (κ2) is 11.5. The van der Waals surface area contributed by atoms with Crippen LogP contribution in [0, 0.1) is 0 Å². The molecule has 0 atom stereocenters. The van der Waals surface area contributed by atoms with E-state index < -0.39 is 8.07 Å². The Labute approximate surface area is 229 Å². The first-order chi connectivity index (χ1) is 19.1. The molecule has 2 amide bonds. The Balaban J connectivity index is 1.71. The number of nitrogens with zero attached hydrogens (tertiary/aromatic N) is 1. The lowest BCUT2D eigenvalue weighted by Gasteiger charge is -2.30. The molecule has 1 aliphatic heterocycles. The van der Waals surface area contributed by atoms with E-state index in [9.17, 15) is 4.79 Å². The van der Waals surface area contributed by atoms with Crippen LogP contribution in [0.2, 0.25) is 0 Å². The van der Waals surface area contributed by atoms with Gasteiger partial charge in [0.15, 0.2) is 0 Å². The van der Waals surface area contributed by atoms with Gasteiger partial charge in [0.05, 0.1) is 58.5 Å². The highest BCUT2D eigenvalue weighted by Crippen LogP contribution is 2.45. The lowest BCUT2D eigenvalue weighted by Crippen LogP contribution is -2.39. The van der Waals surface area contributed by atoms with E-state index in [1.165, 1.54) is 0 Å². The van der Waals surface area contributed by atoms with E-state index in [4.69, 9.17) is 18.9 Å². The van der Waals surface area contributed by atoms with Gasteiger partial charge in [0.25, 0.3) is 0 Å².